The first kappa shape index (κ1) is 21.5. The summed E-state index contributed by atoms with van der Waals surface area (Å²) in [5.41, 5.74) is 6.89. The number of anilines is 2. The lowest BCUT2D eigenvalue weighted by Gasteiger charge is -2.09. The van der Waals surface area contributed by atoms with Crippen molar-refractivity contribution in [2.75, 3.05) is 10.0 Å². The van der Waals surface area contributed by atoms with Crippen LogP contribution in [0.2, 0.25) is 0 Å². The Hall–Kier alpha value is -3.24. The van der Waals surface area contributed by atoms with E-state index in [4.69, 9.17) is 5.73 Å². The highest BCUT2D eigenvalue weighted by Gasteiger charge is 2.20. The van der Waals surface area contributed by atoms with Crippen LogP contribution < -0.4 is 15.8 Å². The molecule has 4 N–H and O–H groups in total. The van der Waals surface area contributed by atoms with E-state index in [0.717, 1.165) is 29.1 Å². The van der Waals surface area contributed by atoms with Crippen LogP contribution >= 0.6 is 11.3 Å². The van der Waals surface area contributed by atoms with E-state index in [0.29, 0.717) is 10.6 Å². The molecule has 3 aromatic rings. The number of aryl methyl sites for hydroxylation is 1. The van der Waals surface area contributed by atoms with E-state index in [2.05, 4.69) is 10.0 Å². The van der Waals surface area contributed by atoms with Gasteiger partial charge in [0.2, 0.25) is 0 Å². The number of hydrogen-bond donors (Lipinski definition) is 3. The van der Waals surface area contributed by atoms with E-state index >= 15 is 0 Å². The van der Waals surface area contributed by atoms with Gasteiger partial charge in [-0.15, -0.1) is 11.3 Å². The van der Waals surface area contributed by atoms with Crippen LogP contribution in [0.3, 0.4) is 0 Å². The zero-order chi connectivity index (χ0) is 22.1. The Morgan fingerprint density at radius 2 is 1.60 bits per heavy atom. The zero-order valence-corrected chi connectivity index (χ0v) is 17.7. The van der Waals surface area contributed by atoms with Gasteiger partial charge in [0.05, 0.1) is 10.5 Å². The number of carbonyl (C=O) groups excluding carboxylic acids is 2. The normalized spacial score (nSPS) is 11.2. The largest absolute Gasteiger partial charge is 0.365 e. The van der Waals surface area contributed by atoms with Crippen LogP contribution in [0, 0.1) is 19.7 Å². The molecule has 0 bridgehead atoms. The van der Waals surface area contributed by atoms with Gasteiger partial charge in [0.25, 0.3) is 21.8 Å². The Bertz CT molecular complexity index is 1220. The van der Waals surface area contributed by atoms with Gasteiger partial charge in [-0.3, -0.25) is 14.3 Å². The van der Waals surface area contributed by atoms with Crippen molar-refractivity contribution in [3.63, 3.8) is 0 Å². The lowest BCUT2D eigenvalue weighted by molar-refractivity contribution is 0.100. The van der Waals surface area contributed by atoms with Gasteiger partial charge in [0.15, 0.2) is 0 Å². The molecule has 7 nitrogen and oxygen atoms in total. The number of rotatable bonds is 6. The predicted molar refractivity (Wildman–Crippen MR) is 114 cm³/mol. The summed E-state index contributed by atoms with van der Waals surface area (Å²) in [6, 6.07) is 10.1. The molecular weight excluding hydrogens is 429 g/mol. The van der Waals surface area contributed by atoms with Crippen molar-refractivity contribution in [2.45, 2.75) is 18.7 Å². The summed E-state index contributed by atoms with van der Waals surface area (Å²) in [7, 11) is -3.90. The number of carbonyl (C=O) groups is 2. The molecule has 0 aliphatic heterocycles. The fourth-order valence-electron chi connectivity index (χ4n) is 2.70. The van der Waals surface area contributed by atoms with Crippen molar-refractivity contribution in [3.05, 3.63) is 75.9 Å². The van der Waals surface area contributed by atoms with Gasteiger partial charge in [-0.1, -0.05) is 0 Å². The van der Waals surface area contributed by atoms with Crippen LogP contribution in [0.15, 0.2) is 53.4 Å². The highest BCUT2D eigenvalue weighted by molar-refractivity contribution is 7.92. The maximum atomic E-state index is 13.0. The number of sulfonamides is 1. The molecule has 0 atom stereocenters. The molecule has 0 spiro atoms. The minimum absolute atomic E-state index is 0.0897. The molecule has 0 saturated carbocycles. The second kappa shape index (κ2) is 8.25. The van der Waals surface area contributed by atoms with E-state index in [-0.39, 0.29) is 21.7 Å². The highest BCUT2D eigenvalue weighted by atomic mass is 32.2. The van der Waals surface area contributed by atoms with E-state index in [1.54, 1.807) is 6.92 Å². The summed E-state index contributed by atoms with van der Waals surface area (Å²) in [5, 5.41) is 3.04. The topological polar surface area (TPSA) is 118 Å². The number of nitrogens with two attached hydrogens (primary N) is 1. The minimum atomic E-state index is -3.90. The first-order chi connectivity index (χ1) is 14.1. The number of hydrogen-bond acceptors (Lipinski definition) is 5. The molecule has 0 fully saturated rings. The number of halogens is 1. The summed E-state index contributed by atoms with van der Waals surface area (Å²) in [5.74, 6) is -1.63. The molecule has 2 amide bonds. The Balaban J connectivity index is 1.76. The number of nitrogens with one attached hydrogen (secondary N) is 2. The quantitative estimate of drug-likeness (QED) is 0.534. The standard InChI is InChI=1S/C20H18FN3O4S2/c1-11-12(2)29-20(17(11)18(22)25)23-19(26)13-3-7-15(8-4-13)24-30(27,28)16-9-5-14(21)6-10-16/h3-10,24H,1-2H3,(H2,22,25)(H,23,26). The van der Waals surface area contributed by atoms with Crippen molar-refractivity contribution in [3.8, 4) is 0 Å². The second-order valence-corrected chi connectivity index (χ2v) is 9.35. The first-order valence-corrected chi connectivity index (χ1v) is 11.0. The average molecular weight is 448 g/mol. The summed E-state index contributed by atoms with van der Waals surface area (Å²) < 4.78 is 40.1. The molecule has 1 heterocycles. The lowest BCUT2D eigenvalue weighted by atomic mass is 10.1. The molecule has 0 aliphatic carbocycles. The van der Waals surface area contributed by atoms with Crippen LogP contribution in [-0.4, -0.2) is 20.2 Å². The number of amides is 2. The van der Waals surface area contributed by atoms with Gasteiger partial charge in [-0.25, -0.2) is 12.8 Å². The van der Waals surface area contributed by atoms with Gasteiger partial charge < -0.3 is 11.1 Å². The Morgan fingerprint density at radius 3 is 2.17 bits per heavy atom. The minimum Gasteiger partial charge on any atom is -0.365 e. The molecule has 30 heavy (non-hydrogen) atoms. The van der Waals surface area contributed by atoms with E-state index in [9.17, 15) is 22.4 Å². The molecule has 2 aromatic carbocycles. The Kier molecular flexibility index (Phi) is 5.90. The van der Waals surface area contributed by atoms with Gasteiger partial charge >= 0.3 is 0 Å². The van der Waals surface area contributed by atoms with E-state index in [1.807, 2.05) is 6.92 Å². The van der Waals surface area contributed by atoms with Gasteiger partial charge in [0.1, 0.15) is 10.8 Å². The van der Waals surface area contributed by atoms with Crippen LogP contribution in [0.5, 0.6) is 0 Å². The second-order valence-electron chi connectivity index (χ2n) is 6.44. The maximum Gasteiger partial charge on any atom is 0.261 e. The first-order valence-electron chi connectivity index (χ1n) is 8.68. The SMILES string of the molecule is Cc1sc(NC(=O)c2ccc(NS(=O)(=O)c3ccc(F)cc3)cc2)c(C(N)=O)c1C. The van der Waals surface area contributed by atoms with Crippen molar-refractivity contribution < 1.29 is 22.4 Å². The smallest absolute Gasteiger partial charge is 0.261 e. The summed E-state index contributed by atoms with van der Waals surface area (Å²) >= 11 is 1.25. The molecule has 3 rings (SSSR count). The predicted octanol–water partition coefficient (Wildman–Crippen LogP) is 3.66. The third-order valence-corrected chi connectivity index (χ3v) is 6.90. The number of thiophene rings is 1. The highest BCUT2D eigenvalue weighted by Crippen LogP contribution is 2.32. The molecule has 0 unspecified atom stereocenters. The molecule has 156 valence electrons. The van der Waals surface area contributed by atoms with Crippen molar-refractivity contribution in [1.82, 2.24) is 0 Å². The molecule has 0 saturated heterocycles. The number of primary amides is 1. The van der Waals surface area contributed by atoms with Crippen molar-refractivity contribution in [1.29, 1.82) is 0 Å². The van der Waals surface area contributed by atoms with E-state index < -0.39 is 27.7 Å². The fourth-order valence-corrected chi connectivity index (χ4v) is 4.82. The Morgan fingerprint density at radius 1 is 1.00 bits per heavy atom. The Labute approximate surface area is 176 Å². The van der Waals surface area contributed by atoms with Crippen LogP contribution in [0.4, 0.5) is 15.1 Å². The summed E-state index contributed by atoms with van der Waals surface area (Å²) in [6.07, 6.45) is 0. The molecule has 1 aromatic heterocycles. The molecular formula is C20H18FN3O4S2. The van der Waals surface area contributed by atoms with Gasteiger partial charge in [-0.2, -0.15) is 0 Å². The van der Waals surface area contributed by atoms with Crippen LogP contribution in [0.25, 0.3) is 0 Å². The molecule has 0 aliphatic rings. The number of benzene rings is 2. The third-order valence-electron chi connectivity index (χ3n) is 4.38. The summed E-state index contributed by atoms with van der Waals surface area (Å²) in [4.78, 5) is 25.0. The third kappa shape index (κ3) is 4.50. The van der Waals surface area contributed by atoms with Gasteiger partial charge in [0, 0.05) is 16.1 Å². The maximum absolute atomic E-state index is 13.0. The molecule has 10 heteroatoms. The monoisotopic (exact) mass is 447 g/mol. The van der Waals surface area contributed by atoms with E-state index in [1.165, 1.54) is 35.6 Å². The van der Waals surface area contributed by atoms with Crippen LogP contribution in [0.1, 0.15) is 31.2 Å². The molecule has 0 radical (unpaired) electrons. The van der Waals surface area contributed by atoms with Crippen molar-refractivity contribution >= 4 is 43.9 Å². The summed E-state index contributed by atoms with van der Waals surface area (Å²) in [6.45, 7) is 3.58. The van der Waals surface area contributed by atoms with Gasteiger partial charge in [-0.05, 0) is 67.9 Å². The van der Waals surface area contributed by atoms with Crippen molar-refractivity contribution in [2.24, 2.45) is 5.73 Å². The van der Waals surface area contributed by atoms with Crippen LogP contribution in [-0.2, 0) is 10.0 Å². The lowest BCUT2D eigenvalue weighted by Crippen LogP contribution is -2.17. The average Bonchev–Trinajstić information content (AvgIpc) is 2.95. The zero-order valence-electron chi connectivity index (χ0n) is 16.0. The fraction of sp³-hybridized carbons (Fsp3) is 0.100.